The van der Waals surface area contributed by atoms with Gasteiger partial charge in [0.1, 0.15) is 0 Å². The minimum atomic E-state index is -0.0648. The highest BCUT2D eigenvalue weighted by Gasteiger charge is 1.72. The highest BCUT2D eigenvalue weighted by Crippen LogP contribution is 1.63. The summed E-state index contributed by atoms with van der Waals surface area (Å²) in [6.07, 6.45) is 0. The third-order valence-corrected chi connectivity index (χ3v) is 0.516. The minimum Gasteiger partial charge on any atom is -0.310 e. The van der Waals surface area contributed by atoms with Crippen molar-refractivity contribution in [2.45, 2.75) is 6.92 Å². The van der Waals surface area contributed by atoms with Crippen LogP contribution in [0.1, 0.15) is 8.29 Å². The molecule has 0 amide bonds. The zero-order valence-electron chi connectivity index (χ0n) is 5.02. The quantitative estimate of drug-likeness (QED) is 0.439. The smallest absolute Gasteiger partial charge is 0.0427 e. The summed E-state index contributed by atoms with van der Waals surface area (Å²) in [6.45, 7) is 1.77. The van der Waals surface area contributed by atoms with Gasteiger partial charge in [-0.1, -0.05) is 6.92 Å². The lowest BCUT2D eigenvalue weighted by molar-refractivity contribution is 0.434. The molecule has 1 unspecified atom stereocenters. The fraction of sp³-hybridized carbons (Fsp3) is 1.00. The van der Waals surface area contributed by atoms with E-state index in [4.69, 9.17) is 1.37 Å². The molecule has 0 aromatic carbocycles. The summed E-state index contributed by atoms with van der Waals surface area (Å²) in [5.41, 5.74) is 0. The average molecular weight is 74.1 g/mol. The van der Waals surface area contributed by atoms with Crippen LogP contribution in [-0.2, 0) is 0 Å². The van der Waals surface area contributed by atoms with Crippen LogP contribution in [0.25, 0.3) is 0 Å². The summed E-state index contributed by atoms with van der Waals surface area (Å²) in [5.74, 6) is 0. The second-order valence-electron chi connectivity index (χ2n) is 1.22. The molecular weight excluding hydrogens is 62.1 g/mol. The van der Waals surface area contributed by atoms with Crippen molar-refractivity contribution in [3.63, 3.8) is 0 Å². The van der Waals surface area contributed by atoms with E-state index in [1.54, 1.807) is 0 Å². The van der Waals surface area contributed by atoms with E-state index in [1.807, 2.05) is 25.9 Å². The second kappa shape index (κ2) is 2.21. The van der Waals surface area contributed by atoms with Gasteiger partial charge in [-0.15, -0.1) is 0 Å². The van der Waals surface area contributed by atoms with Crippen LogP contribution in [0.2, 0.25) is 0 Å². The van der Waals surface area contributed by atoms with Crippen LogP contribution in [-0.4, -0.2) is 25.5 Å². The van der Waals surface area contributed by atoms with Gasteiger partial charge in [-0.2, -0.15) is 0 Å². The van der Waals surface area contributed by atoms with Crippen molar-refractivity contribution in [1.82, 2.24) is 4.90 Å². The van der Waals surface area contributed by atoms with E-state index in [0.29, 0.717) is 0 Å². The van der Waals surface area contributed by atoms with Gasteiger partial charge >= 0.3 is 0 Å². The van der Waals surface area contributed by atoms with Crippen molar-refractivity contribution < 1.29 is 1.37 Å². The Labute approximate surface area is 35.0 Å². The zero-order valence-corrected chi connectivity index (χ0v) is 4.02. The van der Waals surface area contributed by atoms with E-state index in [1.165, 1.54) is 0 Å². The normalized spacial score (nSPS) is 18.8. The van der Waals surface area contributed by atoms with Gasteiger partial charge in [0.15, 0.2) is 0 Å². The molecule has 32 valence electrons. The number of hydrogen-bond donors (Lipinski definition) is 0. The van der Waals surface area contributed by atoms with Gasteiger partial charge in [0.25, 0.3) is 0 Å². The molecule has 0 spiro atoms. The van der Waals surface area contributed by atoms with Crippen molar-refractivity contribution in [2.75, 3.05) is 20.6 Å². The first kappa shape index (κ1) is 3.16. The van der Waals surface area contributed by atoms with Gasteiger partial charge in [0.05, 0.1) is 0 Å². The van der Waals surface area contributed by atoms with Crippen molar-refractivity contribution in [1.29, 1.82) is 0 Å². The third-order valence-electron chi connectivity index (χ3n) is 0.516. The van der Waals surface area contributed by atoms with Crippen LogP contribution in [0.4, 0.5) is 0 Å². The highest BCUT2D eigenvalue weighted by molar-refractivity contribution is 4.25. The Balaban J connectivity index is 2.99. The monoisotopic (exact) mass is 74.1 g/mol. The van der Waals surface area contributed by atoms with Crippen LogP contribution in [0.15, 0.2) is 0 Å². The molecule has 0 saturated heterocycles. The molecule has 0 aromatic rings. The summed E-state index contributed by atoms with van der Waals surface area (Å²) in [4.78, 5) is 1.83. The Kier molecular flexibility index (Phi) is 1.40. The summed E-state index contributed by atoms with van der Waals surface area (Å²) in [6, 6.07) is 0. The van der Waals surface area contributed by atoms with E-state index < -0.39 is 0 Å². The molecule has 1 nitrogen and oxygen atoms in total. The molecule has 0 rings (SSSR count). The van der Waals surface area contributed by atoms with E-state index >= 15 is 0 Å². The number of nitrogens with zero attached hydrogens (tertiary/aromatic N) is 1. The molecule has 0 aliphatic heterocycles. The molecule has 1 heteroatoms. The maximum absolute atomic E-state index is 6.96. The highest BCUT2D eigenvalue weighted by atomic mass is 15.0. The second-order valence-corrected chi connectivity index (χ2v) is 1.22. The van der Waals surface area contributed by atoms with E-state index in [2.05, 4.69) is 0 Å². The fourth-order valence-corrected chi connectivity index (χ4v) is 0. The molecule has 0 radical (unpaired) electrons. The van der Waals surface area contributed by atoms with Gasteiger partial charge in [-0.05, 0) is 20.6 Å². The zero-order chi connectivity index (χ0) is 5.15. The van der Waals surface area contributed by atoms with Crippen LogP contribution >= 0.6 is 0 Å². The molecule has 0 aliphatic carbocycles. The van der Waals surface area contributed by atoms with Gasteiger partial charge in [-0.3, -0.25) is 0 Å². The Hall–Kier alpha value is -0.0400. The minimum absolute atomic E-state index is 0.0648. The van der Waals surface area contributed by atoms with Gasteiger partial charge in [-0.25, -0.2) is 0 Å². The van der Waals surface area contributed by atoms with Gasteiger partial charge < -0.3 is 4.90 Å². The standard InChI is InChI=1S/C4H11N/c1-4-5(2)3/h4H2,1-3H3/i4D. The molecule has 0 fully saturated rings. The first-order valence-corrected chi connectivity index (χ1v) is 1.73. The van der Waals surface area contributed by atoms with Gasteiger partial charge in [0.2, 0.25) is 0 Å². The Morgan fingerprint density at radius 2 is 2.00 bits per heavy atom. The summed E-state index contributed by atoms with van der Waals surface area (Å²) in [5, 5.41) is 0. The third kappa shape index (κ3) is 3.96. The fourth-order valence-electron chi connectivity index (χ4n) is 0. The Morgan fingerprint density at radius 1 is 1.80 bits per heavy atom. The van der Waals surface area contributed by atoms with E-state index in [9.17, 15) is 0 Å². The number of hydrogen-bond acceptors (Lipinski definition) is 1. The van der Waals surface area contributed by atoms with Crippen LogP contribution in [0, 0.1) is 0 Å². The van der Waals surface area contributed by atoms with Crippen molar-refractivity contribution in [3.8, 4) is 0 Å². The lowest BCUT2D eigenvalue weighted by Crippen LogP contribution is -2.08. The Bertz CT molecular complexity index is 28.5. The van der Waals surface area contributed by atoms with Gasteiger partial charge in [0, 0.05) is 1.37 Å². The molecule has 0 aromatic heterocycles. The molecule has 0 N–H and O–H groups in total. The molecule has 0 bridgehead atoms. The molecule has 0 heterocycles. The molecular formula is C4H11N. The Morgan fingerprint density at radius 3 is 2.00 bits per heavy atom. The first-order valence-electron chi connectivity index (χ1n) is 2.31. The summed E-state index contributed by atoms with van der Waals surface area (Å²) >= 11 is 0. The van der Waals surface area contributed by atoms with Crippen molar-refractivity contribution in [2.24, 2.45) is 0 Å². The maximum atomic E-state index is 6.96. The van der Waals surface area contributed by atoms with Crippen LogP contribution in [0.5, 0.6) is 0 Å². The largest absolute Gasteiger partial charge is 0.310 e. The van der Waals surface area contributed by atoms with Crippen molar-refractivity contribution in [3.05, 3.63) is 0 Å². The summed E-state index contributed by atoms with van der Waals surface area (Å²) in [7, 11) is 3.77. The van der Waals surface area contributed by atoms with E-state index in [-0.39, 0.29) is 6.52 Å². The SMILES string of the molecule is [2H]C(C)N(C)C. The lowest BCUT2D eigenvalue weighted by atomic mass is 10.7. The van der Waals surface area contributed by atoms with Crippen LogP contribution < -0.4 is 0 Å². The molecule has 0 saturated carbocycles. The average Bonchev–Trinajstić information content (AvgIpc) is 1.36. The molecule has 5 heavy (non-hydrogen) atoms. The first-order chi connectivity index (χ1) is 2.64. The topological polar surface area (TPSA) is 3.24 Å². The summed E-state index contributed by atoms with van der Waals surface area (Å²) < 4.78 is 6.96. The predicted octanol–water partition coefficient (Wildman–Crippen LogP) is 0.568. The number of rotatable bonds is 1. The maximum Gasteiger partial charge on any atom is 0.0427 e. The lowest BCUT2D eigenvalue weighted by Gasteiger charge is -2.00. The van der Waals surface area contributed by atoms with E-state index in [0.717, 1.165) is 0 Å². The molecule has 1 atom stereocenters. The predicted molar refractivity (Wildman–Crippen MR) is 24.2 cm³/mol. The van der Waals surface area contributed by atoms with Crippen LogP contribution in [0.3, 0.4) is 0 Å². The van der Waals surface area contributed by atoms with Crippen molar-refractivity contribution >= 4 is 0 Å². The molecule has 0 aliphatic rings.